The van der Waals surface area contributed by atoms with Gasteiger partial charge in [0.1, 0.15) is 5.75 Å². The van der Waals surface area contributed by atoms with Crippen LogP contribution in [-0.4, -0.2) is 24.9 Å². The summed E-state index contributed by atoms with van der Waals surface area (Å²) in [5, 5.41) is 10.3. The Bertz CT molecular complexity index is 317. The highest BCUT2D eigenvalue weighted by atomic mass is 35.5. The van der Waals surface area contributed by atoms with Crippen molar-refractivity contribution >= 4 is 11.6 Å². The smallest absolute Gasteiger partial charge is 0.122 e. The molecule has 1 rings (SSSR count). The highest BCUT2D eigenvalue weighted by Crippen LogP contribution is 2.24. The van der Waals surface area contributed by atoms with Crippen molar-refractivity contribution in [2.24, 2.45) is 5.73 Å². The number of nitrogens with two attached hydrogens (primary N) is 1. The van der Waals surface area contributed by atoms with E-state index in [1.165, 1.54) is 0 Å². The molecule has 15 heavy (non-hydrogen) atoms. The monoisotopic (exact) mass is 229 g/mol. The van der Waals surface area contributed by atoms with E-state index in [2.05, 4.69) is 0 Å². The summed E-state index contributed by atoms with van der Waals surface area (Å²) in [6, 6.07) is 5.37. The molecule has 0 spiro atoms. The summed E-state index contributed by atoms with van der Waals surface area (Å²) in [6.07, 6.45) is 0.652. The largest absolute Gasteiger partial charge is 0.496 e. The average molecular weight is 230 g/mol. The summed E-state index contributed by atoms with van der Waals surface area (Å²) >= 11 is 5.87. The van der Waals surface area contributed by atoms with Crippen molar-refractivity contribution < 1.29 is 9.84 Å². The van der Waals surface area contributed by atoms with Crippen LogP contribution in [0.2, 0.25) is 5.02 Å². The number of aliphatic hydroxyl groups is 1. The molecule has 1 aromatic rings. The second-order valence-electron chi connectivity index (χ2n) is 3.39. The predicted molar refractivity (Wildman–Crippen MR) is 61.4 cm³/mol. The number of hydrogen-bond donors (Lipinski definition) is 2. The molecule has 0 amide bonds. The Hall–Kier alpha value is -0.770. The van der Waals surface area contributed by atoms with Gasteiger partial charge in [-0.15, -0.1) is 0 Å². The van der Waals surface area contributed by atoms with Gasteiger partial charge in [-0.1, -0.05) is 11.6 Å². The van der Waals surface area contributed by atoms with E-state index in [0.29, 0.717) is 24.4 Å². The summed E-state index contributed by atoms with van der Waals surface area (Å²) in [7, 11) is 1.60. The molecule has 0 heterocycles. The minimum Gasteiger partial charge on any atom is -0.496 e. The first-order valence-electron chi connectivity index (χ1n) is 4.88. The molecule has 0 aliphatic rings. The molecule has 4 heteroatoms. The van der Waals surface area contributed by atoms with Crippen molar-refractivity contribution in [3.63, 3.8) is 0 Å². The maximum absolute atomic E-state index is 9.63. The van der Waals surface area contributed by atoms with Crippen LogP contribution in [0.25, 0.3) is 0 Å². The van der Waals surface area contributed by atoms with Crippen molar-refractivity contribution in [1.82, 2.24) is 0 Å². The standard InChI is InChI=1S/C11H16ClNO2/c1-15-11-3-2-9(12)6-8(11)7-10(14)4-5-13/h2-3,6,10,14H,4-5,7,13H2,1H3. The fourth-order valence-corrected chi connectivity index (χ4v) is 1.65. The first-order valence-corrected chi connectivity index (χ1v) is 5.25. The number of hydrogen-bond acceptors (Lipinski definition) is 3. The molecule has 0 saturated heterocycles. The van der Waals surface area contributed by atoms with Crippen molar-refractivity contribution in [3.8, 4) is 5.75 Å². The fraction of sp³-hybridized carbons (Fsp3) is 0.455. The highest BCUT2D eigenvalue weighted by Gasteiger charge is 2.09. The van der Waals surface area contributed by atoms with Gasteiger partial charge in [0.2, 0.25) is 0 Å². The molecule has 0 aliphatic carbocycles. The Kier molecular flexibility index (Phi) is 4.88. The molecule has 3 nitrogen and oxygen atoms in total. The number of halogens is 1. The highest BCUT2D eigenvalue weighted by molar-refractivity contribution is 6.30. The topological polar surface area (TPSA) is 55.5 Å². The zero-order chi connectivity index (χ0) is 11.3. The minimum absolute atomic E-state index is 0.442. The lowest BCUT2D eigenvalue weighted by atomic mass is 10.0. The van der Waals surface area contributed by atoms with Gasteiger partial charge < -0.3 is 15.6 Å². The van der Waals surface area contributed by atoms with Gasteiger partial charge in [0.25, 0.3) is 0 Å². The van der Waals surface area contributed by atoms with Crippen molar-refractivity contribution in [3.05, 3.63) is 28.8 Å². The maximum atomic E-state index is 9.63. The summed E-state index contributed by atoms with van der Waals surface area (Å²) in [4.78, 5) is 0. The Labute approximate surface area is 94.8 Å². The zero-order valence-electron chi connectivity index (χ0n) is 8.74. The third-order valence-electron chi connectivity index (χ3n) is 2.20. The van der Waals surface area contributed by atoms with Crippen LogP contribution in [0.4, 0.5) is 0 Å². The molecule has 0 aliphatic heterocycles. The Morgan fingerprint density at radius 3 is 2.87 bits per heavy atom. The van der Waals surface area contributed by atoms with Gasteiger partial charge in [0, 0.05) is 11.4 Å². The SMILES string of the molecule is COc1ccc(Cl)cc1CC(O)CCN. The Morgan fingerprint density at radius 2 is 2.27 bits per heavy atom. The van der Waals surface area contributed by atoms with Crippen LogP contribution >= 0.6 is 11.6 Å². The van der Waals surface area contributed by atoms with Crippen LogP contribution in [0.5, 0.6) is 5.75 Å². The van der Waals surface area contributed by atoms with Crippen LogP contribution in [0.15, 0.2) is 18.2 Å². The number of methoxy groups -OCH3 is 1. The molecule has 3 N–H and O–H groups in total. The van der Waals surface area contributed by atoms with E-state index in [9.17, 15) is 5.11 Å². The van der Waals surface area contributed by atoms with Gasteiger partial charge in [-0.2, -0.15) is 0 Å². The van der Waals surface area contributed by atoms with E-state index in [0.717, 1.165) is 11.3 Å². The lowest BCUT2D eigenvalue weighted by Gasteiger charge is -2.12. The van der Waals surface area contributed by atoms with Gasteiger partial charge in [0.15, 0.2) is 0 Å². The minimum atomic E-state index is -0.442. The van der Waals surface area contributed by atoms with Crippen LogP contribution in [0.3, 0.4) is 0 Å². The average Bonchev–Trinajstić information content (AvgIpc) is 2.18. The number of aliphatic hydroxyl groups excluding tert-OH is 1. The summed E-state index contributed by atoms with van der Waals surface area (Å²) in [5.74, 6) is 0.746. The van der Waals surface area contributed by atoms with Crippen LogP contribution < -0.4 is 10.5 Å². The van der Waals surface area contributed by atoms with E-state index in [4.69, 9.17) is 22.1 Å². The van der Waals surface area contributed by atoms with E-state index in [1.54, 1.807) is 25.3 Å². The zero-order valence-corrected chi connectivity index (χ0v) is 9.50. The molecule has 1 atom stereocenters. The molecule has 0 fully saturated rings. The third-order valence-corrected chi connectivity index (χ3v) is 2.43. The number of rotatable bonds is 5. The summed E-state index contributed by atoms with van der Waals surface area (Å²) in [6.45, 7) is 0.476. The molecule has 84 valence electrons. The van der Waals surface area contributed by atoms with Crippen LogP contribution in [0.1, 0.15) is 12.0 Å². The van der Waals surface area contributed by atoms with Crippen molar-refractivity contribution in [2.75, 3.05) is 13.7 Å². The van der Waals surface area contributed by atoms with E-state index in [1.807, 2.05) is 0 Å². The maximum Gasteiger partial charge on any atom is 0.122 e. The molecule has 1 unspecified atom stereocenters. The Morgan fingerprint density at radius 1 is 1.53 bits per heavy atom. The van der Waals surface area contributed by atoms with Gasteiger partial charge in [0.05, 0.1) is 13.2 Å². The fourth-order valence-electron chi connectivity index (χ4n) is 1.45. The van der Waals surface area contributed by atoms with Crippen LogP contribution in [0, 0.1) is 0 Å². The van der Waals surface area contributed by atoms with Gasteiger partial charge >= 0.3 is 0 Å². The lowest BCUT2D eigenvalue weighted by Crippen LogP contribution is -2.16. The van der Waals surface area contributed by atoms with E-state index in [-0.39, 0.29) is 0 Å². The second kappa shape index (κ2) is 5.95. The molecular weight excluding hydrogens is 214 g/mol. The van der Waals surface area contributed by atoms with Gasteiger partial charge in [-0.05, 0) is 36.7 Å². The molecule has 0 radical (unpaired) electrons. The quantitative estimate of drug-likeness (QED) is 0.807. The van der Waals surface area contributed by atoms with E-state index >= 15 is 0 Å². The van der Waals surface area contributed by atoms with Gasteiger partial charge in [-0.25, -0.2) is 0 Å². The first kappa shape index (κ1) is 12.3. The van der Waals surface area contributed by atoms with E-state index < -0.39 is 6.10 Å². The summed E-state index contributed by atoms with van der Waals surface area (Å²) in [5.41, 5.74) is 6.27. The predicted octanol–water partition coefficient (Wildman–Crippen LogP) is 1.60. The summed E-state index contributed by atoms with van der Waals surface area (Å²) < 4.78 is 5.18. The molecule has 0 saturated carbocycles. The molecule has 1 aromatic carbocycles. The lowest BCUT2D eigenvalue weighted by molar-refractivity contribution is 0.166. The molecule has 0 aromatic heterocycles. The van der Waals surface area contributed by atoms with Gasteiger partial charge in [-0.3, -0.25) is 0 Å². The molecular formula is C11H16ClNO2. The van der Waals surface area contributed by atoms with Crippen molar-refractivity contribution in [2.45, 2.75) is 18.9 Å². The number of benzene rings is 1. The third kappa shape index (κ3) is 3.70. The normalized spacial score (nSPS) is 12.5. The molecule has 0 bridgehead atoms. The Balaban J connectivity index is 2.77. The van der Waals surface area contributed by atoms with Crippen molar-refractivity contribution in [1.29, 1.82) is 0 Å². The number of ether oxygens (including phenoxy) is 1. The first-order chi connectivity index (χ1) is 7.17. The second-order valence-corrected chi connectivity index (χ2v) is 3.83. The van der Waals surface area contributed by atoms with Crippen LogP contribution in [-0.2, 0) is 6.42 Å².